The summed E-state index contributed by atoms with van der Waals surface area (Å²) >= 11 is 0. The molecule has 0 aliphatic carbocycles. The Hall–Kier alpha value is -3.77. The molecular weight excluding hydrogens is 368 g/mol. The van der Waals surface area contributed by atoms with E-state index in [1.807, 2.05) is 74.5 Å². The third-order valence-electron chi connectivity index (χ3n) is 5.77. The van der Waals surface area contributed by atoms with E-state index in [2.05, 4.69) is 35.7 Å². The van der Waals surface area contributed by atoms with E-state index in [0.717, 1.165) is 27.5 Å². The van der Waals surface area contributed by atoms with E-state index < -0.39 is 5.41 Å². The number of fused-ring (bicyclic) bond motifs is 1. The lowest BCUT2D eigenvalue weighted by molar-refractivity contribution is 0.470. The van der Waals surface area contributed by atoms with Gasteiger partial charge in [-0.2, -0.15) is 5.26 Å². The van der Waals surface area contributed by atoms with Gasteiger partial charge in [0.2, 0.25) is 0 Å². The van der Waals surface area contributed by atoms with Crippen molar-refractivity contribution in [3.8, 4) is 11.8 Å². The molecule has 3 nitrogen and oxygen atoms in total. The van der Waals surface area contributed by atoms with Crippen molar-refractivity contribution >= 4 is 16.5 Å². The van der Waals surface area contributed by atoms with Crippen LogP contribution in [-0.4, -0.2) is 5.11 Å². The molecule has 0 saturated carbocycles. The first-order valence-corrected chi connectivity index (χ1v) is 10.0. The molecule has 3 heteroatoms. The normalized spacial score (nSPS) is 13.9. The van der Waals surface area contributed by atoms with Gasteiger partial charge in [-0.25, -0.2) is 0 Å². The van der Waals surface area contributed by atoms with Gasteiger partial charge in [-0.1, -0.05) is 78.9 Å². The highest BCUT2D eigenvalue weighted by atomic mass is 16.3. The molecule has 4 rings (SSSR count). The zero-order valence-electron chi connectivity index (χ0n) is 17.1. The molecule has 0 aliphatic rings. The van der Waals surface area contributed by atoms with Crippen molar-refractivity contribution in [3.05, 3.63) is 108 Å². The lowest BCUT2D eigenvalue weighted by atomic mass is 9.73. The molecule has 0 aliphatic heterocycles. The Kier molecular flexibility index (Phi) is 5.16. The minimum atomic E-state index is -0.873. The molecule has 0 spiro atoms. The van der Waals surface area contributed by atoms with Crippen molar-refractivity contribution in [2.45, 2.75) is 25.3 Å². The average molecular weight is 393 g/mol. The molecule has 2 N–H and O–H groups in total. The summed E-state index contributed by atoms with van der Waals surface area (Å²) in [5.74, 6) is 0.166. The maximum atomic E-state index is 10.5. The molecule has 0 saturated heterocycles. The molecule has 4 aromatic carbocycles. The molecule has 0 fully saturated rings. The number of anilines is 1. The van der Waals surface area contributed by atoms with Gasteiger partial charge in [0.25, 0.3) is 0 Å². The van der Waals surface area contributed by atoms with Crippen LogP contribution in [0.3, 0.4) is 0 Å². The number of nitrogens with one attached hydrogen (secondary N) is 1. The Morgan fingerprint density at radius 3 is 2.37 bits per heavy atom. The maximum Gasteiger partial charge on any atom is 0.138 e. The van der Waals surface area contributed by atoms with E-state index in [9.17, 15) is 10.4 Å². The highest BCUT2D eigenvalue weighted by molar-refractivity contribution is 5.87. The summed E-state index contributed by atoms with van der Waals surface area (Å²) in [6.07, 6.45) is 0. The summed E-state index contributed by atoms with van der Waals surface area (Å²) in [5.41, 5.74) is 2.71. The highest BCUT2D eigenvalue weighted by Crippen LogP contribution is 2.43. The first-order valence-electron chi connectivity index (χ1n) is 10.0. The monoisotopic (exact) mass is 392 g/mol. The first-order chi connectivity index (χ1) is 14.5. The zero-order valence-corrected chi connectivity index (χ0v) is 17.1. The number of phenolic OH excluding ortho intramolecular Hbond substituents is 1. The van der Waals surface area contributed by atoms with E-state index in [-0.39, 0.29) is 11.8 Å². The number of aryl methyl sites for hydroxylation is 1. The minimum absolute atomic E-state index is 0.166. The number of hydrogen-bond donors (Lipinski definition) is 2. The summed E-state index contributed by atoms with van der Waals surface area (Å²) in [5, 5.41) is 26.6. The van der Waals surface area contributed by atoms with Crippen LogP contribution in [0.2, 0.25) is 0 Å². The second-order valence-electron chi connectivity index (χ2n) is 7.85. The fourth-order valence-electron chi connectivity index (χ4n) is 4.04. The molecule has 148 valence electrons. The van der Waals surface area contributed by atoms with Gasteiger partial charge < -0.3 is 10.4 Å². The molecule has 0 heterocycles. The van der Waals surface area contributed by atoms with Gasteiger partial charge in [0, 0.05) is 0 Å². The lowest BCUT2D eigenvalue weighted by Crippen LogP contribution is -2.34. The highest BCUT2D eigenvalue weighted by Gasteiger charge is 2.38. The molecule has 0 bridgehead atoms. The van der Waals surface area contributed by atoms with Crippen molar-refractivity contribution in [1.82, 2.24) is 0 Å². The predicted octanol–water partition coefficient (Wildman–Crippen LogP) is 6.49. The third kappa shape index (κ3) is 3.49. The van der Waals surface area contributed by atoms with Crippen molar-refractivity contribution in [2.24, 2.45) is 0 Å². The summed E-state index contributed by atoms with van der Waals surface area (Å²) in [7, 11) is 0. The smallest absolute Gasteiger partial charge is 0.138 e. The fraction of sp³-hybridized carbons (Fsp3) is 0.148. The Morgan fingerprint density at radius 1 is 0.900 bits per heavy atom. The van der Waals surface area contributed by atoms with Crippen LogP contribution >= 0.6 is 0 Å². The molecule has 0 aromatic heterocycles. The largest absolute Gasteiger partial charge is 0.506 e. The number of hydrogen-bond acceptors (Lipinski definition) is 3. The lowest BCUT2D eigenvalue weighted by Gasteiger charge is -2.35. The second kappa shape index (κ2) is 7.93. The van der Waals surface area contributed by atoms with Gasteiger partial charge in [0.15, 0.2) is 0 Å². The van der Waals surface area contributed by atoms with Crippen LogP contribution in [0.1, 0.15) is 29.7 Å². The molecule has 0 unspecified atom stereocenters. The van der Waals surface area contributed by atoms with E-state index in [1.54, 1.807) is 6.07 Å². The topological polar surface area (TPSA) is 56.0 Å². The second-order valence-corrected chi connectivity index (χ2v) is 7.85. The number of aromatic hydroxyl groups is 1. The van der Waals surface area contributed by atoms with Gasteiger partial charge in [-0.15, -0.1) is 0 Å². The number of nitrogens with zero attached hydrogens (tertiary/aromatic N) is 1. The third-order valence-corrected chi connectivity index (χ3v) is 5.77. The average Bonchev–Trinajstić information content (AvgIpc) is 2.79. The van der Waals surface area contributed by atoms with Crippen LogP contribution in [0.4, 0.5) is 5.69 Å². The first kappa shape index (κ1) is 19.5. The SMILES string of the molecule is Cc1ccc(O)c(N[C@H](c2cccc3ccccc23)[C@@](C)(C#N)c2ccccc2)c1. The van der Waals surface area contributed by atoms with Crippen LogP contribution in [0.25, 0.3) is 10.8 Å². The van der Waals surface area contributed by atoms with E-state index >= 15 is 0 Å². The molecule has 0 amide bonds. The van der Waals surface area contributed by atoms with Gasteiger partial charge >= 0.3 is 0 Å². The molecule has 4 aromatic rings. The van der Waals surface area contributed by atoms with Crippen LogP contribution in [-0.2, 0) is 5.41 Å². The van der Waals surface area contributed by atoms with Crippen LogP contribution < -0.4 is 5.32 Å². The van der Waals surface area contributed by atoms with Gasteiger partial charge in [0.1, 0.15) is 11.2 Å². The van der Waals surface area contributed by atoms with Crippen LogP contribution in [0.15, 0.2) is 91.0 Å². The summed E-state index contributed by atoms with van der Waals surface area (Å²) in [6, 6.07) is 31.8. The summed E-state index contributed by atoms with van der Waals surface area (Å²) < 4.78 is 0. The molecular formula is C27H24N2O. The number of phenols is 1. The molecule has 2 atom stereocenters. The Morgan fingerprint density at radius 2 is 1.60 bits per heavy atom. The van der Waals surface area contributed by atoms with Crippen molar-refractivity contribution in [3.63, 3.8) is 0 Å². The van der Waals surface area contributed by atoms with Crippen molar-refractivity contribution < 1.29 is 5.11 Å². The minimum Gasteiger partial charge on any atom is -0.506 e. The quantitative estimate of drug-likeness (QED) is 0.382. The van der Waals surface area contributed by atoms with Gasteiger partial charge in [-0.05, 0) is 53.4 Å². The van der Waals surface area contributed by atoms with Gasteiger partial charge in [-0.3, -0.25) is 0 Å². The predicted molar refractivity (Wildman–Crippen MR) is 123 cm³/mol. The maximum absolute atomic E-state index is 10.5. The Bertz CT molecular complexity index is 1220. The van der Waals surface area contributed by atoms with Crippen molar-refractivity contribution in [2.75, 3.05) is 5.32 Å². The van der Waals surface area contributed by atoms with E-state index in [0.29, 0.717) is 5.69 Å². The summed E-state index contributed by atoms with van der Waals surface area (Å²) in [6.45, 7) is 3.94. The number of benzene rings is 4. The number of nitriles is 1. The van der Waals surface area contributed by atoms with Crippen LogP contribution in [0, 0.1) is 18.3 Å². The summed E-state index contributed by atoms with van der Waals surface area (Å²) in [4.78, 5) is 0. The van der Waals surface area contributed by atoms with Crippen LogP contribution in [0.5, 0.6) is 5.75 Å². The van der Waals surface area contributed by atoms with Gasteiger partial charge in [0.05, 0.1) is 17.8 Å². The Labute approximate surface area is 177 Å². The van der Waals surface area contributed by atoms with E-state index in [4.69, 9.17) is 0 Å². The molecule has 30 heavy (non-hydrogen) atoms. The Balaban J connectivity index is 1.95. The standard InChI is InChI=1S/C27H24N2O/c1-19-15-16-25(30)24(17-19)29-26(27(2,18-28)21-11-4-3-5-12-21)23-14-8-10-20-9-6-7-13-22(20)23/h3-17,26,29-30H,1-2H3/t26-,27+/m1/s1. The molecule has 0 radical (unpaired) electrons. The zero-order chi connectivity index (χ0) is 21.1. The van der Waals surface area contributed by atoms with E-state index in [1.165, 1.54) is 0 Å². The number of rotatable bonds is 5. The van der Waals surface area contributed by atoms with Crippen molar-refractivity contribution in [1.29, 1.82) is 5.26 Å². The fourth-order valence-corrected chi connectivity index (χ4v) is 4.04.